The van der Waals surface area contributed by atoms with Crippen molar-refractivity contribution in [3.8, 4) is 11.5 Å². The Balaban J connectivity index is 1.48. The molecule has 1 N–H and O–H groups in total. The number of fused-ring (bicyclic) bond motifs is 2. The molecule has 2 aliphatic carbocycles. The van der Waals surface area contributed by atoms with Crippen molar-refractivity contribution >= 4 is 21.6 Å². The number of hydrogen-bond donors (Lipinski definition) is 1. The average molecular weight is 445 g/mol. The molecule has 0 aromatic heterocycles. The summed E-state index contributed by atoms with van der Waals surface area (Å²) in [7, 11) is 0.623. The maximum atomic E-state index is 13.1. The minimum atomic E-state index is -3.81. The molecule has 3 atom stereocenters. The molecule has 1 amide bonds. The lowest BCUT2D eigenvalue weighted by Crippen LogP contribution is -2.38. The van der Waals surface area contributed by atoms with E-state index in [0.29, 0.717) is 28.7 Å². The van der Waals surface area contributed by atoms with E-state index < -0.39 is 10.0 Å². The second kappa shape index (κ2) is 8.42. The molecule has 0 aliphatic heterocycles. The van der Waals surface area contributed by atoms with Crippen molar-refractivity contribution in [2.24, 2.45) is 11.8 Å². The number of carbonyl (C=O) groups is 1. The van der Waals surface area contributed by atoms with Gasteiger partial charge in [-0.1, -0.05) is 6.42 Å². The standard InChI is InChI=1S/C23H28N2O5S/c1-25(31(27,28)19-10-11-21(29-2)22(14-19)30-3)18-8-6-16(7-9-18)23(26)24-20-13-15-4-5-17(20)12-15/h6-11,14-15,17,20H,4-5,12-13H2,1-3H3,(H,24,26)/t15-,17-,20-/m0/s1. The molecule has 31 heavy (non-hydrogen) atoms. The maximum Gasteiger partial charge on any atom is 0.264 e. The molecule has 2 aliphatic rings. The van der Waals surface area contributed by atoms with E-state index in [9.17, 15) is 13.2 Å². The molecule has 0 spiro atoms. The van der Waals surface area contributed by atoms with Crippen LogP contribution in [0.1, 0.15) is 36.0 Å². The van der Waals surface area contributed by atoms with Gasteiger partial charge in [-0.25, -0.2) is 8.42 Å². The largest absolute Gasteiger partial charge is 0.493 e. The van der Waals surface area contributed by atoms with Gasteiger partial charge in [0.05, 0.1) is 24.8 Å². The Hall–Kier alpha value is -2.74. The van der Waals surface area contributed by atoms with Gasteiger partial charge in [-0.3, -0.25) is 9.10 Å². The van der Waals surface area contributed by atoms with E-state index in [2.05, 4.69) is 5.32 Å². The topological polar surface area (TPSA) is 84.9 Å². The molecule has 0 radical (unpaired) electrons. The number of sulfonamides is 1. The van der Waals surface area contributed by atoms with E-state index in [4.69, 9.17) is 9.47 Å². The summed E-state index contributed by atoms with van der Waals surface area (Å²) in [5, 5.41) is 3.16. The summed E-state index contributed by atoms with van der Waals surface area (Å²) in [6, 6.07) is 11.4. The summed E-state index contributed by atoms with van der Waals surface area (Å²) in [5.41, 5.74) is 0.995. The third-order valence-electron chi connectivity index (χ3n) is 6.56. The first-order valence-electron chi connectivity index (χ1n) is 10.5. The lowest BCUT2D eigenvalue weighted by Gasteiger charge is -2.23. The fraction of sp³-hybridized carbons (Fsp3) is 0.435. The molecular formula is C23H28N2O5S. The van der Waals surface area contributed by atoms with Gasteiger partial charge in [-0.2, -0.15) is 0 Å². The number of anilines is 1. The summed E-state index contributed by atoms with van der Waals surface area (Å²) in [5.74, 6) is 2.05. The van der Waals surface area contributed by atoms with Crippen LogP contribution >= 0.6 is 0 Å². The summed E-state index contributed by atoms with van der Waals surface area (Å²) in [6.07, 6.45) is 4.78. The van der Waals surface area contributed by atoms with Crippen LogP contribution in [0.15, 0.2) is 47.4 Å². The third kappa shape index (κ3) is 4.08. The Morgan fingerprint density at radius 3 is 2.29 bits per heavy atom. The van der Waals surface area contributed by atoms with E-state index >= 15 is 0 Å². The predicted molar refractivity (Wildman–Crippen MR) is 118 cm³/mol. The SMILES string of the molecule is COc1ccc(S(=O)(=O)N(C)c2ccc(C(=O)N[C@H]3C[C@H]4CC[C@H]3C4)cc2)cc1OC. The minimum absolute atomic E-state index is 0.0887. The molecule has 2 aromatic rings. The van der Waals surface area contributed by atoms with Crippen LogP contribution in [0.2, 0.25) is 0 Å². The number of amides is 1. The molecular weight excluding hydrogens is 416 g/mol. The predicted octanol–water partition coefficient (Wildman–Crippen LogP) is 3.45. The molecule has 0 unspecified atom stereocenters. The first-order valence-corrected chi connectivity index (χ1v) is 11.9. The molecule has 7 nitrogen and oxygen atoms in total. The van der Waals surface area contributed by atoms with Crippen molar-refractivity contribution in [3.05, 3.63) is 48.0 Å². The van der Waals surface area contributed by atoms with Gasteiger partial charge < -0.3 is 14.8 Å². The van der Waals surface area contributed by atoms with E-state index in [-0.39, 0.29) is 16.8 Å². The number of carbonyl (C=O) groups excluding carboxylic acids is 1. The van der Waals surface area contributed by atoms with Crippen molar-refractivity contribution in [3.63, 3.8) is 0 Å². The van der Waals surface area contributed by atoms with Crippen LogP contribution in [-0.4, -0.2) is 41.6 Å². The van der Waals surface area contributed by atoms with Gasteiger partial charge in [0.25, 0.3) is 15.9 Å². The fourth-order valence-electron chi connectivity index (χ4n) is 4.77. The van der Waals surface area contributed by atoms with Crippen molar-refractivity contribution in [1.29, 1.82) is 0 Å². The summed E-state index contributed by atoms with van der Waals surface area (Å²) >= 11 is 0. The van der Waals surface area contributed by atoms with Gasteiger partial charge in [0.15, 0.2) is 11.5 Å². The number of benzene rings is 2. The van der Waals surface area contributed by atoms with E-state index in [1.807, 2.05) is 0 Å². The number of ether oxygens (including phenoxy) is 2. The number of nitrogens with zero attached hydrogens (tertiary/aromatic N) is 1. The Bertz CT molecular complexity index is 1070. The highest BCUT2D eigenvalue weighted by atomic mass is 32.2. The zero-order valence-corrected chi connectivity index (χ0v) is 18.8. The third-order valence-corrected chi connectivity index (χ3v) is 8.34. The maximum absolute atomic E-state index is 13.1. The number of rotatable bonds is 7. The molecule has 166 valence electrons. The van der Waals surface area contributed by atoms with Gasteiger partial charge >= 0.3 is 0 Å². The molecule has 2 fully saturated rings. The van der Waals surface area contributed by atoms with Crippen LogP contribution in [0.4, 0.5) is 5.69 Å². The van der Waals surface area contributed by atoms with Gasteiger partial charge in [-0.15, -0.1) is 0 Å². The van der Waals surface area contributed by atoms with E-state index in [1.165, 1.54) is 57.0 Å². The Kier molecular flexibility index (Phi) is 5.83. The van der Waals surface area contributed by atoms with E-state index in [0.717, 1.165) is 12.3 Å². The van der Waals surface area contributed by atoms with Crippen LogP contribution in [0.3, 0.4) is 0 Å². The molecule has 0 saturated heterocycles. The smallest absolute Gasteiger partial charge is 0.264 e. The zero-order valence-electron chi connectivity index (χ0n) is 18.0. The Morgan fingerprint density at radius 2 is 1.71 bits per heavy atom. The summed E-state index contributed by atoms with van der Waals surface area (Å²) in [6.45, 7) is 0. The Morgan fingerprint density at radius 1 is 1.00 bits per heavy atom. The van der Waals surface area contributed by atoms with E-state index in [1.54, 1.807) is 30.3 Å². The highest BCUT2D eigenvalue weighted by Crippen LogP contribution is 2.44. The quantitative estimate of drug-likeness (QED) is 0.707. The lowest BCUT2D eigenvalue weighted by molar-refractivity contribution is 0.0923. The highest BCUT2D eigenvalue weighted by Gasteiger charge is 2.40. The molecule has 2 aromatic carbocycles. The summed E-state index contributed by atoms with van der Waals surface area (Å²) < 4.78 is 37.7. The Labute approximate surface area is 183 Å². The zero-order chi connectivity index (χ0) is 22.2. The first kappa shape index (κ1) is 21.5. The van der Waals surface area contributed by atoms with Gasteiger partial charge in [0.1, 0.15) is 0 Å². The number of hydrogen-bond acceptors (Lipinski definition) is 5. The second-order valence-corrected chi connectivity index (χ2v) is 10.3. The van der Waals surface area contributed by atoms with Crippen LogP contribution in [0, 0.1) is 11.8 Å². The van der Waals surface area contributed by atoms with Crippen molar-refractivity contribution in [2.75, 3.05) is 25.6 Å². The number of methoxy groups -OCH3 is 2. The van der Waals surface area contributed by atoms with Crippen LogP contribution in [-0.2, 0) is 10.0 Å². The molecule has 4 rings (SSSR count). The van der Waals surface area contributed by atoms with Crippen LogP contribution < -0.4 is 19.1 Å². The monoisotopic (exact) mass is 444 g/mol. The van der Waals surface area contributed by atoms with Crippen LogP contribution in [0.5, 0.6) is 11.5 Å². The summed E-state index contributed by atoms with van der Waals surface area (Å²) in [4.78, 5) is 12.7. The normalized spacial score (nSPS) is 22.2. The molecule has 0 heterocycles. The van der Waals surface area contributed by atoms with Gasteiger partial charge in [0, 0.05) is 24.7 Å². The van der Waals surface area contributed by atoms with Crippen molar-refractivity contribution < 1.29 is 22.7 Å². The minimum Gasteiger partial charge on any atom is -0.493 e. The van der Waals surface area contributed by atoms with Gasteiger partial charge in [0.2, 0.25) is 0 Å². The molecule has 2 bridgehead atoms. The first-order chi connectivity index (χ1) is 14.8. The van der Waals surface area contributed by atoms with Gasteiger partial charge in [-0.05, 0) is 67.5 Å². The molecule has 2 saturated carbocycles. The highest BCUT2D eigenvalue weighted by molar-refractivity contribution is 7.92. The fourth-order valence-corrected chi connectivity index (χ4v) is 5.98. The van der Waals surface area contributed by atoms with Crippen LogP contribution in [0.25, 0.3) is 0 Å². The van der Waals surface area contributed by atoms with Crippen molar-refractivity contribution in [2.45, 2.75) is 36.6 Å². The molecule has 8 heteroatoms. The van der Waals surface area contributed by atoms with Crippen molar-refractivity contribution in [1.82, 2.24) is 5.32 Å². The second-order valence-electron chi connectivity index (χ2n) is 8.29. The average Bonchev–Trinajstić information content (AvgIpc) is 3.41. The number of nitrogens with one attached hydrogen (secondary N) is 1. The lowest BCUT2D eigenvalue weighted by atomic mass is 9.95.